The summed E-state index contributed by atoms with van der Waals surface area (Å²) < 4.78 is 0. The zero-order valence-electron chi connectivity index (χ0n) is 26.4. The summed E-state index contributed by atoms with van der Waals surface area (Å²) >= 11 is 0. The predicted octanol–water partition coefficient (Wildman–Crippen LogP) is 10.6. The third-order valence-electron chi connectivity index (χ3n) is 10.5. The van der Waals surface area contributed by atoms with E-state index in [0.29, 0.717) is 0 Å². The molecule has 3 nitrogen and oxygen atoms in total. The average molecular weight is 594 g/mol. The van der Waals surface area contributed by atoms with E-state index in [9.17, 15) is 0 Å². The van der Waals surface area contributed by atoms with Crippen LogP contribution in [0.1, 0.15) is 37.5 Å². The number of aromatic nitrogens is 1. The first-order valence-corrected chi connectivity index (χ1v) is 16.2. The maximum Gasteiger partial charge on any atom is 0.137 e. The molecule has 0 saturated carbocycles. The first-order chi connectivity index (χ1) is 22.4. The van der Waals surface area contributed by atoms with Gasteiger partial charge in [-0.25, -0.2) is 4.98 Å². The van der Waals surface area contributed by atoms with Gasteiger partial charge < -0.3 is 4.90 Å². The molecule has 2 heterocycles. The largest absolute Gasteiger partial charge is 0.333 e. The third kappa shape index (κ3) is 3.75. The Balaban J connectivity index is 1.20. The second kappa shape index (κ2) is 9.79. The number of allylic oxidation sites excluding steroid dienone is 1. The highest BCUT2D eigenvalue weighted by Gasteiger charge is 2.48. The molecule has 5 aromatic carbocycles. The van der Waals surface area contributed by atoms with Gasteiger partial charge in [0.15, 0.2) is 0 Å². The molecule has 0 bridgehead atoms. The fourth-order valence-corrected chi connectivity index (χ4v) is 8.37. The lowest BCUT2D eigenvalue weighted by atomic mass is 9.75. The normalized spacial score (nSPS) is 20.1. The van der Waals surface area contributed by atoms with Gasteiger partial charge in [0.05, 0.1) is 6.04 Å². The highest BCUT2D eigenvalue weighted by molar-refractivity contribution is 5.98. The summed E-state index contributed by atoms with van der Waals surface area (Å²) in [5.41, 5.74) is 11.1. The van der Waals surface area contributed by atoms with Gasteiger partial charge in [-0.15, -0.1) is 0 Å². The minimum Gasteiger partial charge on any atom is -0.333 e. The van der Waals surface area contributed by atoms with Gasteiger partial charge in [0.25, 0.3) is 0 Å². The van der Waals surface area contributed by atoms with Crippen LogP contribution in [-0.2, 0) is 10.8 Å². The van der Waals surface area contributed by atoms with Crippen molar-refractivity contribution in [3.63, 3.8) is 0 Å². The molecule has 0 radical (unpaired) electrons. The molecule has 0 saturated heterocycles. The van der Waals surface area contributed by atoms with Crippen molar-refractivity contribution in [3.8, 4) is 11.1 Å². The van der Waals surface area contributed by atoms with E-state index in [4.69, 9.17) is 4.98 Å². The van der Waals surface area contributed by atoms with E-state index in [1.54, 1.807) is 0 Å². The molecule has 0 spiro atoms. The Morgan fingerprint density at radius 1 is 0.696 bits per heavy atom. The van der Waals surface area contributed by atoms with Gasteiger partial charge in [-0.1, -0.05) is 105 Å². The van der Waals surface area contributed by atoms with Crippen LogP contribution in [0.4, 0.5) is 22.9 Å². The lowest BCUT2D eigenvalue weighted by Crippen LogP contribution is -2.41. The minimum atomic E-state index is -0.241. The maximum absolute atomic E-state index is 4.90. The van der Waals surface area contributed by atoms with Crippen molar-refractivity contribution in [2.45, 2.75) is 37.6 Å². The van der Waals surface area contributed by atoms with E-state index in [0.717, 1.165) is 17.2 Å². The first kappa shape index (κ1) is 26.9. The number of nitrogens with zero attached hydrogens (tertiary/aromatic N) is 3. The summed E-state index contributed by atoms with van der Waals surface area (Å²) in [7, 11) is 0. The molecular weight excluding hydrogens is 558 g/mol. The summed E-state index contributed by atoms with van der Waals surface area (Å²) in [5.74, 6) is 0.908. The van der Waals surface area contributed by atoms with E-state index < -0.39 is 0 Å². The number of anilines is 4. The molecule has 2 aliphatic carbocycles. The predicted molar refractivity (Wildman–Crippen MR) is 191 cm³/mol. The standard InChI is InChI=1S/C43H35N3/c1-42(2)37-27-31(21-24-34(37)35-23-20-29-13-7-8-16-33(29)41(35)42)45(40-19-11-12-26-44-40)32-22-25-39-43(3,28-32)36-17-9-10-18-38(36)46(39)30-14-5-4-6-15-30/h4-28,39H,1-3H3. The number of para-hydroxylation sites is 2. The van der Waals surface area contributed by atoms with Crippen LogP contribution in [-0.4, -0.2) is 11.0 Å². The Hall–Kier alpha value is -5.41. The van der Waals surface area contributed by atoms with Crippen molar-refractivity contribution < 1.29 is 0 Å². The van der Waals surface area contributed by atoms with Gasteiger partial charge in [0.1, 0.15) is 5.82 Å². The number of rotatable bonds is 4. The van der Waals surface area contributed by atoms with Crippen molar-refractivity contribution in [2.75, 3.05) is 9.80 Å². The number of hydrogen-bond donors (Lipinski definition) is 0. The Bertz CT molecular complexity index is 2210. The van der Waals surface area contributed by atoms with Crippen LogP contribution in [0, 0.1) is 0 Å². The Kier molecular flexibility index (Phi) is 5.74. The lowest BCUT2D eigenvalue weighted by molar-refractivity contribution is 0.545. The van der Waals surface area contributed by atoms with E-state index in [-0.39, 0.29) is 16.9 Å². The molecule has 3 aliphatic rings. The topological polar surface area (TPSA) is 19.4 Å². The van der Waals surface area contributed by atoms with Crippen LogP contribution in [0.3, 0.4) is 0 Å². The molecule has 222 valence electrons. The summed E-state index contributed by atoms with van der Waals surface area (Å²) in [6, 6.07) is 46.3. The molecule has 0 amide bonds. The van der Waals surface area contributed by atoms with E-state index in [1.807, 2.05) is 12.3 Å². The van der Waals surface area contributed by atoms with Crippen molar-refractivity contribution in [1.29, 1.82) is 0 Å². The zero-order valence-corrected chi connectivity index (χ0v) is 26.4. The van der Waals surface area contributed by atoms with E-state index >= 15 is 0 Å². The first-order valence-electron chi connectivity index (χ1n) is 16.2. The van der Waals surface area contributed by atoms with Gasteiger partial charge in [-0.05, 0) is 100 Å². The SMILES string of the molecule is CC1(C)c2cc(N(C3=CC4(C)c5ccccc5N(c5ccccc5)C4C=C3)c3ccccn3)ccc2-c2ccc3ccccc3c21. The zero-order chi connectivity index (χ0) is 31.0. The summed E-state index contributed by atoms with van der Waals surface area (Å²) in [6.45, 7) is 7.13. The molecule has 1 aromatic heterocycles. The molecule has 1 aliphatic heterocycles. The molecule has 0 N–H and O–H groups in total. The molecule has 2 atom stereocenters. The fraction of sp³-hybridized carbons (Fsp3) is 0.140. The van der Waals surface area contributed by atoms with Crippen molar-refractivity contribution in [2.24, 2.45) is 0 Å². The van der Waals surface area contributed by atoms with Gasteiger partial charge in [0, 0.05) is 39.8 Å². The van der Waals surface area contributed by atoms with Crippen molar-refractivity contribution in [3.05, 3.63) is 174 Å². The van der Waals surface area contributed by atoms with Crippen molar-refractivity contribution in [1.82, 2.24) is 4.98 Å². The van der Waals surface area contributed by atoms with Crippen molar-refractivity contribution >= 4 is 33.7 Å². The minimum absolute atomic E-state index is 0.147. The average Bonchev–Trinajstić information content (AvgIpc) is 3.49. The van der Waals surface area contributed by atoms with E-state index in [1.165, 1.54) is 50.0 Å². The van der Waals surface area contributed by atoms with Gasteiger partial charge in [0.2, 0.25) is 0 Å². The molecule has 9 rings (SSSR count). The molecule has 3 heteroatoms. The van der Waals surface area contributed by atoms with Crippen LogP contribution in [0.15, 0.2) is 158 Å². The summed E-state index contributed by atoms with van der Waals surface area (Å²) in [4.78, 5) is 9.72. The van der Waals surface area contributed by atoms with Crippen LogP contribution < -0.4 is 9.80 Å². The molecule has 46 heavy (non-hydrogen) atoms. The highest BCUT2D eigenvalue weighted by atomic mass is 15.2. The number of hydrogen-bond acceptors (Lipinski definition) is 3. The highest BCUT2D eigenvalue weighted by Crippen LogP contribution is 2.55. The van der Waals surface area contributed by atoms with Gasteiger partial charge >= 0.3 is 0 Å². The molecule has 6 aromatic rings. The molecule has 0 fully saturated rings. The van der Waals surface area contributed by atoms with Gasteiger partial charge in [-0.3, -0.25) is 4.90 Å². The third-order valence-corrected chi connectivity index (χ3v) is 10.5. The summed E-state index contributed by atoms with van der Waals surface area (Å²) in [6.07, 6.45) is 9.04. The Morgan fingerprint density at radius 2 is 1.46 bits per heavy atom. The van der Waals surface area contributed by atoms with Crippen LogP contribution >= 0.6 is 0 Å². The van der Waals surface area contributed by atoms with Gasteiger partial charge in [-0.2, -0.15) is 0 Å². The monoisotopic (exact) mass is 593 g/mol. The fourth-order valence-electron chi connectivity index (χ4n) is 8.37. The Morgan fingerprint density at radius 3 is 2.30 bits per heavy atom. The second-order valence-corrected chi connectivity index (χ2v) is 13.5. The van der Waals surface area contributed by atoms with Crippen LogP contribution in [0.5, 0.6) is 0 Å². The molecular formula is C43H35N3. The van der Waals surface area contributed by atoms with Crippen LogP contribution in [0.25, 0.3) is 21.9 Å². The number of pyridine rings is 1. The maximum atomic E-state index is 4.90. The number of benzene rings is 5. The number of fused-ring (bicyclic) bond motifs is 8. The lowest BCUT2D eigenvalue weighted by Gasteiger charge is -2.38. The summed E-state index contributed by atoms with van der Waals surface area (Å²) in [5, 5.41) is 2.63. The second-order valence-electron chi connectivity index (χ2n) is 13.5. The smallest absolute Gasteiger partial charge is 0.137 e. The Labute approximate surface area is 270 Å². The van der Waals surface area contributed by atoms with E-state index in [2.05, 4.69) is 170 Å². The quantitative estimate of drug-likeness (QED) is 0.203. The molecule has 2 unspecified atom stereocenters. The van der Waals surface area contributed by atoms with Crippen LogP contribution in [0.2, 0.25) is 0 Å².